The number of imidazole rings is 1. The van der Waals surface area contributed by atoms with Crippen molar-refractivity contribution >= 4 is 16.9 Å². The first-order valence-electron chi connectivity index (χ1n) is 8.81. The molecule has 0 unspecified atom stereocenters. The van der Waals surface area contributed by atoms with Gasteiger partial charge in [-0.15, -0.1) is 5.10 Å². The summed E-state index contributed by atoms with van der Waals surface area (Å²) in [4.78, 5) is 9.17. The standard InChI is InChI=1S/C20H20N6O2/c1-27-13-15-9-6-10-16-18(15)24-20(28-2)26(16)19-23-17(12-22-25-19)21-11-14-7-4-3-5-8-14/h3-10,12H,11,13H2,1-2H3,(H,21,23,25). The van der Waals surface area contributed by atoms with Crippen molar-refractivity contribution in [2.45, 2.75) is 13.2 Å². The average Bonchev–Trinajstić information content (AvgIpc) is 3.13. The first kappa shape index (κ1) is 17.9. The summed E-state index contributed by atoms with van der Waals surface area (Å²) in [6.45, 7) is 1.09. The van der Waals surface area contributed by atoms with E-state index in [0.29, 0.717) is 30.9 Å². The normalized spacial score (nSPS) is 10.9. The first-order valence-corrected chi connectivity index (χ1v) is 8.81. The summed E-state index contributed by atoms with van der Waals surface area (Å²) in [5, 5.41) is 11.5. The van der Waals surface area contributed by atoms with E-state index in [0.717, 1.165) is 22.2 Å². The van der Waals surface area contributed by atoms with Crippen LogP contribution < -0.4 is 10.1 Å². The van der Waals surface area contributed by atoms with Gasteiger partial charge in [-0.2, -0.15) is 15.1 Å². The predicted octanol–water partition coefficient (Wildman–Crippen LogP) is 2.98. The van der Waals surface area contributed by atoms with E-state index >= 15 is 0 Å². The smallest absolute Gasteiger partial charge is 0.304 e. The van der Waals surface area contributed by atoms with Crippen molar-refractivity contribution in [3.63, 3.8) is 0 Å². The number of methoxy groups -OCH3 is 2. The third-order valence-electron chi connectivity index (χ3n) is 4.28. The van der Waals surface area contributed by atoms with Gasteiger partial charge in [-0.3, -0.25) is 0 Å². The van der Waals surface area contributed by atoms with E-state index in [9.17, 15) is 0 Å². The zero-order valence-electron chi connectivity index (χ0n) is 15.7. The van der Waals surface area contributed by atoms with E-state index in [2.05, 4.69) is 25.5 Å². The van der Waals surface area contributed by atoms with E-state index in [1.165, 1.54) is 0 Å². The Morgan fingerprint density at radius 3 is 2.64 bits per heavy atom. The number of aromatic nitrogens is 5. The second kappa shape index (κ2) is 8.01. The summed E-state index contributed by atoms with van der Waals surface area (Å²) in [6.07, 6.45) is 1.59. The minimum Gasteiger partial charge on any atom is -0.468 e. The molecule has 2 aromatic carbocycles. The number of hydrogen-bond acceptors (Lipinski definition) is 7. The predicted molar refractivity (Wildman–Crippen MR) is 105 cm³/mol. The maximum absolute atomic E-state index is 5.47. The quantitative estimate of drug-likeness (QED) is 0.530. The lowest BCUT2D eigenvalue weighted by Crippen LogP contribution is -2.08. The summed E-state index contributed by atoms with van der Waals surface area (Å²) in [5.74, 6) is 0.998. The Labute approximate surface area is 162 Å². The van der Waals surface area contributed by atoms with Crippen LogP contribution in [0.5, 0.6) is 6.01 Å². The second-order valence-electron chi connectivity index (χ2n) is 6.13. The van der Waals surface area contributed by atoms with Gasteiger partial charge >= 0.3 is 6.01 Å². The number of hydrogen-bond donors (Lipinski definition) is 1. The zero-order valence-corrected chi connectivity index (χ0v) is 15.7. The lowest BCUT2D eigenvalue weighted by Gasteiger charge is -2.09. The Bertz CT molecular complexity index is 1080. The number of nitrogens with zero attached hydrogens (tertiary/aromatic N) is 5. The molecule has 0 saturated heterocycles. The van der Waals surface area contributed by atoms with Gasteiger partial charge in [-0.1, -0.05) is 42.5 Å². The molecule has 0 aliphatic heterocycles. The van der Waals surface area contributed by atoms with Crippen LogP contribution in [0.15, 0.2) is 54.7 Å². The number of rotatable bonds is 7. The van der Waals surface area contributed by atoms with Gasteiger partial charge in [0.15, 0.2) is 5.82 Å². The minimum absolute atomic E-state index is 0.381. The lowest BCUT2D eigenvalue weighted by atomic mass is 10.2. The van der Waals surface area contributed by atoms with Crippen molar-refractivity contribution in [1.29, 1.82) is 0 Å². The molecule has 2 aromatic heterocycles. The highest BCUT2D eigenvalue weighted by Gasteiger charge is 2.18. The topological polar surface area (TPSA) is 87.0 Å². The highest BCUT2D eigenvalue weighted by Crippen LogP contribution is 2.27. The molecule has 2 heterocycles. The second-order valence-corrected chi connectivity index (χ2v) is 6.13. The molecule has 0 fully saturated rings. The van der Waals surface area contributed by atoms with Crippen LogP contribution in [0, 0.1) is 0 Å². The van der Waals surface area contributed by atoms with Crippen molar-refractivity contribution in [3.05, 3.63) is 65.9 Å². The third kappa shape index (κ3) is 3.49. The Balaban J connectivity index is 1.70. The van der Waals surface area contributed by atoms with Crippen molar-refractivity contribution in [3.8, 4) is 12.0 Å². The number of para-hydroxylation sites is 1. The highest BCUT2D eigenvalue weighted by atomic mass is 16.5. The van der Waals surface area contributed by atoms with Gasteiger partial charge in [0.2, 0.25) is 0 Å². The van der Waals surface area contributed by atoms with Crippen molar-refractivity contribution in [2.75, 3.05) is 19.5 Å². The van der Waals surface area contributed by atoms with Gasteiger partial charge in [-0.05, 0) is 11.6 Å². The zero-order chi connectivity index (χ0) is 19.3. The van der Waals surface area contributed by atoms with Crippen LogP contribution in [0.25, 0.3) is 17.0 Å². The fourth-order valence-electron chi connectivity index (χ4n) is 3.00. The molecule has 8 heteroatoms. The van der Waals surface area contributed by atoms with E-state index in [4.69, 9.17) is 9.47 Å². The molecule has 0 bridgehead atoms. The number of anilines is 1. The molecule has 142 valence electrons. The summed E-state index contributed by atoms with van der Waals surface area (Å²) in [5.41, 5.74) is 3.72. The van der Waals surface area contributed by atoms with Crippen LogP contribution in [0.2, 0.25) is 0 Å². The molecule has 0 atom stereocenters. The SMILES string of the molecule is COCc1cccc2c1nc(OC)n2-c1nncc(NCc2ccccc2)n1. The maximum Gasteiger partial charge on any atom is 0.304 e. The number of fused-ring (bicyclic) bond motifs is 1. The Kier molecular flexibility index (Phi) is 5.11. The number of ether oxygens (including phenoxy) is 2. The molecule has 0 amide bonds. The summed E-state index contributed by atoms with van der Waals surface area (Å²) >= 11 is 0. The molecule has 0 radical (unpaired) electrons. The molecule has 0 saturated carbocycles. The Hall–Kier alpha value is -3.52. The molecule has 28 heavy (non-hydrogen) atoms. The van der Waals surface area contributed by atoms with Gasteiger partial charge in [-0.25, -0.2) is 4.57 Å². The fourth-order valence-corrected chi connectivity index (χ4v) is 3.00. The lowest BCUT2D eigenvalue weighted by molar-refractivity contribution is 0.186. The van der Waals surface area contributed by atoms with Crippen LogP contribution in [0.3, 0.4) is 0 Å². The van der Waals surface area contributed by atoms with Gasteiger partial charge in [0.25, 0.3) is 5.95 Å². The largest absolute Gasteiger partial charge is 0.468 e. The van der Waals surface area contributed by atoms with Gasteiger partial charge in [0, 0.05) is 19.2 Å². The Morgan fingerprint density at radius 1 is 1.00 bits per heavy atom. The van der Waals surface area contributed by atoms with Gasteiger partial charge < -0.3 is 14.8 Å². The third-order valence-corrected chi connectivity index (χ3v) is 4.28. The van der Waals surface area contributed by atoms with Crippen LogP contribution in [-0.2, 0) is 17.9 Å². The van der Waals surface area contributed by atoms with E-state index in [-0.39, 0.29) is 0 Å². The van der Waals surface area contributed by atoms with Crippen molar-refractivity contribution < 1.29 is 9.47 Å². The van der Waals surface area contributed by atoms with Crippen molar-refractivity contribution in [1.82, 2.24) is 24.7 Å². The molecule has 1 N–H and O–H groups in total. The van der Waals surface area contributed by atoms with E-state index in [1.807, 2.05) is 48.5 Å². The fraction of sp³-hybridized carbons (Fsp3) is 0.200. The van der Waals surface area contributed by atoms with Gasteiger partial charge in [0.1, 0.15) is 0 Å². The van der Waals surface area contributed by atoms with Crippen molar-refractivity contribution in [2.24, 2.45) is 0 Å². The molecule has 0 aliphatic rings. The minimum atomic E-state index is 0.381. The molecule has 0 spiro atoms. The van der Waals surface area contributed by atoms with E-state index < -0.39 is 0 Å². The maximum atomic E-state index is 5.47. The van der Waals surface area contributed by atoms with Crippen LogP contribution in [0.1, 0.15) is 11.1 Å². The molecule has 4 rings (SSSR count). The molecule has 8 nitrogen and oxygen atoms in total. The molecule has 4 aromatic rings. The molecular formula is C20H20N6O2. The Morgan fingerprint density at radius 2 is 1.86 bits per heavy atom. The van der Waals surface area contributed by atoms with Crippen LogP contribution in [-0.4, -0.2) is 39.0 Å². The van der Waals surface area contributed by atoms with Gasteiger partial charge in [0.05, 0.1) is 30.9 Å². The van der Waals surface area contributed by atoms with E-state index in [1.54, 1.807) is 25.0 Å². The summed E-state index contributed by atoms with van der Waals surface area (Å²) in [6, 6.07) is 16.3. The highest BCUT2D eigenvalue weighted by molar-refractivity contribution is 5.81. The summed E-state index contributed by atoms with van der Waals surface area (Å²) in [7, 11) is 3.22. The number of nitrogens with one attached hydrogen (secondary N) is 1. The van der Waals surface area contributed by atoms with Crippen LogP contribution in [0.4, 0.5) is 5.82 Å². The first-order chi connectivity index (χ1) is 13.8. The molecule has 0 aliphatic carbocycles. The summed E-state index contributed by atoms with van der Waals surface area (Å²) < 4.78 is 12.5. The monoisotopic (exact) mass is 376 g/mol. The average molecular weight is 376 g/mol. The van der Waals surface area contributed by atoms with Crippen LogP contribution >= 0.6 is 0 Å². The number of benzene rings is 2. The molecular weight excluding hydrogens is 356 g/mol.